The second kappa shape index (κ2) is 8.67. The Kier molecular flexibility index (Phi) is 6.07. The number of aryl methyl sites for hydroxylation is 1. The maximum absolute atomic E-state index is 12.4. The molecule has 6 nitrogen and oxygen atoms in total. The molecular weight excluding hydrogens is 330 g/mol. The Balaban J connectivity index is 1.47. The van der Waals surface area contributed by atoms with Gasteiger partial charge in [0.1, 0.15) is 5.76 Å². The number of hydrogen-bond acceptors (Lipinski definition) is 4. The predicted octanol–water partition coefficient (Wildman–Crippen LogP) is 1.99. The molecule has 2 amide bonds. The average Bonchev–Trinajstić information content (AvgIpc) is 3.31. The van der Waals surface area contributed by atoms with Crippen LogP contribution in [0.1, 0.15) is 29.7 Å². The van der Waals surface area contributed by atoms with Crippen molar-refractivity contribution in [1.29, 1.82) is 0 Å². The van der Waals surface area contributed by atoms with Gasteiger partial charge in [0.05, 0.1) is 25.4 Å². The van der Waals surface area contributed by atoms with Crippen LogP contribution in [-0.2, 0) is 22.7 Å². The Labute approximate surface area is 153 Å². The highest BCUT2D eigenvalue weighted by atomic mass is 16.3. The second-order valence-electron chi connectivity index (χ2n) is 6.63. The van der Waals surface area contributed by atoms with E-state index in [0.29, 0.717) is 13.1 Å². The van der Waals surface area contributed by atoms with E-state index in [4.69, 9.17) is 4.42 Å². The molecule has 0 radical (unpaired) electrons. The first-order valence-corrected chi connectivity index (χ1v) is 8.99. The van der Waals surface area contributed by atoms with E-state index in [1.165, 1.54) is 0 Å². The van der Waals surface area contributed by atoms with Gasteiger partial charge in [-0.05, 0) is 49.6 Å². The minimum atomic E-state index is -0.255. The fraction of sp³-hybridized carbons (Fsp3) is 0.400. The third-order valence-electron chi connectivity index (χ3n) is 4.77. The molecule has 2 aromatic rings. The Morgan fingerprint density at radius 3 is 2.77 bits per heavy atom. The molecule has 26 heavy (non-hydrogen) atoms. The topological polar surface area (TPSA) is 74.6 Å². The van der Waals surface area contributed by atoms with Crippen LogP contribution in [0.15, 0.2) is 47.1 Å². The van der Waals surface area contributed by atoms with E-state index in [1.54, 1.807) is 12.3 Å². The maximum Gasteiger partial charge on any atom is 0.237 e. The van der Waals surface area contributed by atoms with Crippen LogP contribution in [-0.4, -0.2) is 35.8 Å². The van der Waals surface area contributed by atoms with Crippen LogP contribution in [0.5, 0.6) is 0 Å². The maximum atomic E-state index is 12.4. The minimum absolute atomic E-state index is 0.0504. The highest BCUT2D eigenvalue weighted by Crippen LogP contribution is 2.17. The highest BCUT2D eigenvalue weighted by molar-refractivity contribution is 5.84. The first-order chi connectivity index (χ1) is 12.6. The van der Waals surface area contributed by atoms with Crippen molar-refractivity contribution in [2.45, 2.75) is 38.9 Å². The number of nitrogens with one attached hydrogen (secondary N) is 2. The van der Waals surface area contributed by atoms with Crippen molar-refractivity contribution in [1.82, 2.24) is 15.5 Å². The summed E-state index contributed by atoms with van der Waals surface area (Å²) in [5.41, 5.74) is 2.26. The smallest absolute Gasteiger partial charge is 0.237 e. The summed E-state index contributed by atoms with van der Waals surface area (Å²) in [6.45, 7) is 3.91. The van der Waals surface area contributed by atoms with Crippen molar-refractivity contribution >= 4 is 11.8 Å². The van der Waals surface area contributed by atoms with Gasteiger partial charge < -0.3 is 15.1 Å². The summed E-state index contributed by atoms with van der Waals surface area (Å²) in [7, 11) is 0. The van der Waals surface area contributed by atoms with Gasteiger partial charge >= 0.3 is 0 Å². The quantitative estimate of drug-likeness (QED) is 0.796. The van der Waals surface area contributed by atoms with Crippen LogP contribution >= 0.6 is 0 Å². The van der Waals surface area contributed by atoms with Crippen LogP contribution in [0.25, 0.3) is 0 Å². The number of benzene rings is 1. The van der Waals surface area contributed by atoms with E-state index in [-0.39, 0.29) is 24.4 Å². The van der Waals surface area contributed by atoms with Gasteiger partial charge in [0.25, 0.3) is 0 Å². The number of nitrogens with zero attached hydrogens (tertiary/aromatic N) is 1. The van der Waals surface area contributed by atoms with Crippen molar-refractivity contribution < 1.29 is 14.0 Å². The number of hydrogen-bond donors (Lipinski definition) is 2. The average molecular weight is 355 g/mol. The third kappa shape index (κ3) is 4.73. The highest BCUT2D eigenvalue weighted by Gasteiger charge is 2.31. The first-order valence-electron chi connectivity index (χ1n) is 8.99. The van der Waals surface area contributed by atoms with Gasteiger partial charge in [0, 0.05) is 6.54 Å². The molecule has 0 saturated carbocycles. The van der Waals surface area contributed by atoms with Crippen LogP contribution in [0.4, 0.5) is 0 Å². The van der Waals surface area contributed by atoms with Crippen LogP contribution in [0.2, 0.25) is 0 Å². The molecule has 1 aromatic carbocycles. The molecule has 0 aliphatic carbocycles. The summed E-state index contributed by atoms with van der Waals surface area (Å²) < 4.78 is 5.23. The predicted molar refractivity (Wildman–Crippen MR) is 98.2 cm³/mol. The molecule has 2 N–H and O–H groups in total. The largest absolute Gasteiger partial charge is 0.467 e. The lowest BCUT2D eigenvalue weighted by Gasteiger charge is -2.23. The van der Waals surface area contributed by atoms with E-state index in [2.05, 4.69) is 10.6 Å². The Hall–Kier alpha value is -2.60. The molecule has 1 aromatic heterocycles. The Bertz CT molecular complexity index is 743. The molecule has 1 unspecified atom stereocenters. The second-order valence-corrected chi connectivity index (χ2v) is 6.63. The number of amides is 2. The monoisotopic (exact) mass is 355 g/mol. The van der Waals surface area contributed by atoms with Crippen molar-refractivity contribution in [2.24, 2.45) is 0 Å². The lowest BCUT2D eigenvalue weighted by Crippen LogP contribution is -2.46. The Morgan fingerprint density at radius 2 is 2.00 bits per heavy atom. The molecule has 1 aliphatic heterocycles. The van der Waals surface area contributed by atoms with Gasteiger partial charge in [0.15, 0.2) is 0 Å². The molecule has 2 heterocycles. The molecule has 1 atom stereocenters. The first kappa shape index (κ1) is 18.2. The summed E-state index contributed by atoms with van der Waals surface area (Å²) in [4.78, 5) is 26.7. The molecule has 138 valence electrons. The van der Waals surface area contributed by atoms with Crippen molar-refractivity contribution in [3.8, 4) is 0 Å². The number of carbonyl (C=O) groups is 2. The molecule has 0 bridgehead atoms. The fourth-order valence-corrected chi connectivity index (χ4v) is 3.26. The lowest BCUT2D eigenvalue weighted by atomic mass is 10.1. The lowest BCUT2D eigenvalue weighted by molar-refractivity contribution is -0.127. The molecule has 1 aliphatic rings. The molecule has 0 spiro atoms. The van der Waals surface area contributed by atoms with E-state index < -0.39 is 0 Å². The Morgan fingerprint density at radius 1 is 1.15 bits per heavy atom. The van der Waals surface area contributed by atoms with Crippen LogP contribution < -0.4 is 10.6 Å². The van der Waals surface area contributed by atoms with Gasteiger partial charge in [-0.15, -0.1) is 0 Å². The zero-order chi connectivity index (χ0) is 18.4. The van der Waals surface area contributed by atoms with Gasteiger partial charge in [-0.3, -0.25) is 14.5 Å². The van der Waals surface area contributed by atoms with E-state index in [1.807, 2.05) is 42.2 Å². The van der Waals surface area contributed by atoms with Crippen LogP contribution in [0.3, 0.4) is 0 Å². The zero-order valence-electron chi connectivity index (χ0n) is 15.0. The SMILES string of the molecule is Cc1ccccc1CNC(=O)CN1CCCC1C(=O)NCc1ccco1. The summed E-state index contributed by atoms with van der Waals surface area (Å²) >= 11 is 0. The van der Waals surface area contributed by atoms with Crippen molar-refractivity contribution in [3.05, 3.63) is 59.5 Å². The summed E-state index contributed by atoms with van der Waals surface area (Å²) in [6.07, 6.45) is 3.28. The standard InChI is InChI=1S/C20H25N3O3/c1-15-6-2-3-7-16(15)12-21-19(24)14-23-10-4-9-18(23)20(25)22-13-17-8-5-11-26-17/h2-3,5-8,11,18H,4,9-10,12-14H2,1H3,(H,21,24)(H,22,25). The molecule has 1 fully saturated rings. The number of carbonyl (C=O) groups excluding carboxylic acids is 2. The normalized spacial score (nSPS) is 17.2. The van der Waals surface area contributed by atoms with E-state index in [0.717, 1.165) is 36.3 Å². The molecular formula is C20H25N3O3. The van der Waals surface area contributed by atoms with Gasteiger partial charge in [-0.25, -0.2) is 0 Å². The van der Waals surface area contributed by atoms with Gasteiger partial charge in [0.2, 0.25) is 11.8 Å². The van der Waals surface area contributed by atoms with Gasteiger partial charge in [-0.2, -0.15) is 0 Å². The van der Waals surface area contributed by atoms with E-state index in [9.17, 15) is 9.59 Å². The zero-order valence-corrected chi connectivity index (χ0v) is 15.0. The molecule has 3 rings (SSSR count). The van der Waals surface area contributed by atoms with Crippen LogP contribution in [0, 0.1) is 6.92 Å². The molecule has 6 heteroatoms. The summed E-state index contributed by atoms with van der Waals surface area (Å²) in [6, 6.07) is 11.4. The number of rotatable bonds is 7. The summed E-state index contributed by atoms with van der Waals surface area (Å²) in [5, 5.41) is 5.84. The minimum Gasteiger partial charge on any atom is -0.467 e. The van der Waals surface area contributed by atoms with Crippen molar-refractivity contribution in [3.63, 3.8) is 0 Å². The fourth-order valence-electron chi connectivity index (χ4n) is 3.26. The third-order valence-corrected chi connectivity index (χ3v) is 4.77. The van der Waals surface area contributed by atoms with E-state index >= 15 is 0 Å². The molecule has 1 saturated heterocycles. The number of furan rings is 1. The summed E-state index contributed by atoms with van der Waals surface area (Å²) in [5.74, 6) is 0.614. The van der Waals surface area contributed by atoms with Crippen molar-refractivity contribution in [2.75, 3.05) is 13.1 Å². The van der Waals surface area contributed by atoms with Gasteiger partial charge in [-0.1, -0.05) is 24.3 Å². The number of likely N-dealkylation sites (tertiary alicyclic amines) is 1.